The van der Waals surface area contributed by atoms with Crippen LogP contribution in [-0.4, -0.2) is 49.8 Å². The van der Waals surface area contributed by atoms with Crippen LogP contribution < -0.4 is 16.0 Å². The molecule has 0 amide bonds. The van der Waals surface area contributed by atoms with E-state index in [1.165, 1.54) is 0 Å². The molecular weight excluding hydrogens is 226 g/mol. The molecule has 0 aliphatic carbocycles. The fourth-order valence-corrected chi connectivity index (χ4v) is 1.69. The molecule has 2 atom stereocenters. The summed E-state index contributed by atoms with van der Waals surface area (Å²) in [4.78, 5) is 0. The van der Waals surface area contributed by atoms with E-state index in [4.69, 9.17) is 0 Å². The molecule has 0 rings (SSSR count). The predicted molar refractivity (Wildman–Crippen MR) is 75.5 cm³/mol. The van der Waals surface area contributed by atoms with Gasteiger partial charge in [0.25, 0.3) is 0 Å². The number of hydrogen-bond donors (Lipinski definition) is 5. The van der Waals surface area contributed by atoms with Crippen molar-refractivity contribution >= 4 is 25.3 Å². The lowest BCUT2D eigenvalue weighted by atomic mass is 10.0. The average Bonchev–Trinajstić information content (AvgIpc) is 2.26. The summed E-state index contributed by atoms with van der Waals surface area (Å²) in [5, 5.41) is 10.0. The lowest BCUT2D eigenvalue weighted by Gasteiger charge is -2.35. The van der Waals surface area contributed by atoms with Gasteiger partial charge >= 0.3 is 0 Å². The molecule has 0 fully saturated rings. The predicted octanol–water partition coefficient (Wildman–Crippen LogP) is 0.392. The first kappa shape index (κ1) is 15.6. The minimum atomic E-state index is 0.0267. The molecule has 0 bridgehead atoms. The van der Waals surface area contributed by atoms with Gasteiger partial charge in [-0.3, -0.25) is 0 Å². The number of likely N-dealkylation sites (N-methyl/N-ethyl adjacent to an activating group) is 2. The van der Waals surface area contributed by atoms with Crippen molar-refractivity contribution in [2.45, 2.75) is 24.9 Å². The number of hydrogen-bond acceptors (Lipinski definition) is 5. The summed E-state index contributed by atoms with van der Waals surface area (Å²) in [6, 6.07) is 0. The summed E-state index contributed by atoms with van der Waals surface area (Å²) in [6.45, 7) is 6.12. The minimum absolute atomic E-state index is 0.0267. The maximum Gasteiger partial charge on any atom is 0.0366 e. The number of nitrogens with one attached hydrogen (secondary N) is 3. The van der Waals surface area contributed by atoms with E-state index in [2.05, 4.69) is 55.1 Å². The van der Waals surface area contributed by atoms with Crippen molar-refractivity contribution in [1.82, 2.24) is 16.0 Å². The van der Waals surface area contributed by atoms with Crippen molar-refractivity contribution in [2.75, 3.05) is 38.7 Å². The van der Waals surface area contributed by atoms with Crippen LogP contribution in [0.3, 0.4) is 0 Å². The molecule has 3 nitrogen and oxygen atoms in total. The Balaban J connectivity index is 4.20. The van der Waals surface area contributed by atoms with E-state index >= 15 is 0 Å². The second-order valence-electron chi connectivity index (χ2n) is 4.57. The highest BCUT2D eigenvalue weighted by Crippen LogP contribution is 2.09. The fourth-order valence-electron chi connectivity index (χ4n) is 1.20. The summed E-state index contributed by atoms with van der Waals surface area (Å²) in [7, 11) is 3.92. The second-order valence-corrected chi connectivity index (χ2v) is 5.20. The quantitative estimate of drug-likeness (QED) is 0.405. The summed E-state index contributed by atoms with van der Waals surface area (Å²) < 4.78 is 0. The van der Waals surface area contributed by atoms with Gasteiger partial charge in [0, 0.05) is 35.7 Å². The van der Waals surface area contributed by atoms with Gasteiger partial charge in [-0.2, -0.15) is 25.3 Å². The minimum Gasteiger partial charge on any atom is -0.318 e. The van der Waals surface area contributed by atoms with E-state index in [1.54, 1.807) is 0 Å². The largest absolute Gasteiger partial charge is 0.318 e. The van der Waals surface area contributed by atoms with Crippen LogP contribution in [0.15, 0.2) is 0 Å². The van der Waals surface area contributed by atoms with Crippen LogP contribution in [0.25, 0.3) is 0 Å². The van der Waals surface area contributed by atoms with E-state index < -0.39 is 0 Å². The van der Waals surface area contributed by atoms with E-state index in [0.717, 1.165) is 24.6 Å². The molecule has 0 aromatic heterocycles. The highest BCUT2D eigenvalue weighted by molar-refractivity contribution is 7.80. The molecule has 0 aliphatic heterocycles. The first-order valence-electron chi connectivity index (χ1n) is 5.25. The van der Waals surface area contributed by atoms with Gasteiger partial charge in [-0.05, 0) is 27.9 Å². The van der Waals surface area contributed by atoms with Gasteiger partial charge in [0.2, 0.25) is 0 Å². The molecule has 92 valence electrons. The van der Waals surface area contributed by atoms with Crippen molar-refractivity contribution in [3.8, 4) is 0 Å². The van der Waals surface area contributed by atoms with Crippen LogP contribution in [-0.2, 0) is 0 Å². The summed E-state index contributed by atoms with van der Waals surface area (Å²) in [6.07, 6.45) is 0. The van der Waals surface area contributed by atoms with Gasteiger partial charge in [-0.1, -0.05) is 0 Å². The normalized spacial score (nSPS) is 19.6. The standard InChI is InChI=1S/C10H25N3S2/c1-9(7-14,12-4)6-13-10(2,8-15)5-11-3/h11-15H,5-8H2,1-4H3/t9-,10-/m0/s1. The van der Waals surface area contributed by atoms with Gasteiger partial charge < -0.3 is 16.0 Å². The van der Waals surface area contributed by atoms with Crippen LogP contribution in [0.4, 0.5) is 0 Å². The topological polar surface area (TPSA) is 36.1 Å². The molecule has 0 aromatic carbocycles. The molecule has 0 unspecified atom stereocenters. The summed E-state index contributed by atoms with van der Waals surface area (Å²) >= 11 is 8.74. The molecule has 15 heavy (non-hydrogen) atoms. The smallest absolute Gasteiger partial charge is 0.0366 e. The van der Waals surface area contributed by atoms with Gasteiger partial charge in [0.1, 0.15) is 0 Å². The van der Waals surface area contributed by atoms with Crippen molar-refractivity contribution in [3.63, 3.8) is 0 Å². The van der Waals surface area contributed by atoms with Gasteiger partial charge in [-0.15, -0.1) is 0 Å². The van der Waals surface area contributed by atoms with Crippen LogP contribution in [0.2, 0.25) is 0 Å². The molecule has 5 heteroatoms. The molecule has 0 radical (unpaired) electrons. The molecule has 0 spiro atoms. The Morgan fingerprint density at radius 1 is 0.933 bits per heavy atom. The van der Waals surface area contributed by atoms with Gasteiger partial charge in [0.15, 0.2) is 0 Å². The number of rotatable bonds is 8. The Kier molecular flexibility index (Phi) is 7.28. The lowest BCUT2D eigenvalue weighted by Crippen LogP contribution is -2.59. The lowest BCUT2D eigenvalue weighted by molar-refractivity contribution is 0.316. The number of thiol groups is 2. The highest BCUT2D eigenvalue weighted by atomic mass is 32.1. The third-order valence-corrected chi connectivity index (χ3v) is 4.17. The molecule has 3 N–H and O–H groups in total. The Bertz CT molecular complexity index is 174. The fraction of sp³-hybridized carbons (Fsp3) is 1.00. The van der Waals surface area contributed by atoms with Gasteiger partial charge in [-0.25, -0.2) is 0 Å². The Hall–Kier alpha value is 0.580. The Labute approximate surface area is 105 Å². The zero-order chi connectivity index (χ0) is 11.9. The van der Waals surface area contributed by atoms with Crippen LogP contribution in [0.1, 0.15) is 13.8 Å². The SMILES string of the molecule is CNC[C@@](C)(CS)NC[C@@](C)(CS)NC. The van der Waals surface area contributed by atoms with Crippen LogP contribution >= 0.6 is 25.3 Å². The molecule has 0 saturated carbocycles. The zero-order valence-corrected chi connectivity index (χ0v) is 12.0. The van der Waals surface area contributed by atoms with Crippen molar-refractivity contribution in [2.24, 2.45) is 0 Å². The molecular formula is C10H25N3S2. The molecule has 0 heterocycles. The van der Waals surface area contributed by atoms with Gasteiger partial charge in [0.05, 0.1) is 0 Å². The summed E-state index contributed by atoms with van der Waals surface area (Å²) in [5.74, 6) is 1.61. The van der Waals surface area contributed by atoms with E-state index in [-0.39, 0.29) is 11.1 Å². The van der Waals surface area contributed by atoms with E-state index in [9.17, 15) is 0 Å². The van der Waals surface area contributed by atoms with Crippen LogP contribution in [0, 0.1) is 0 Å². The second kappa shape index (κ2) is 7.01. The Morgan fingerprint density at radius 2 is 1.47 bits per heavy atom. The zero-order valence-electron chi connectivity index (χ0n) is 10.2. The monoisotopic (exact) mass is 251 g/mol. The average molecular weight is 251 g/mol. The maximum atomic E-state index is 4.38. The van der Waals surface area contributed by atoms with Crippen LogP contribution in [0.5, 0.6) is 0 Å². The van der Waals surface area contributed by atoms with Crippen molar-refractivity contribution in [1.29, 1.82) is 0 Å². The first-order valence-corrected chi connectivity index (χ1v) is 6.52. The highest BCUT2D eigenvalue weighted by Gasteiger charge is 2.26. The summed E-state index contributed by atoms with van der Waals surface area (Å²) in [5.41, 5.74) is 0.0555. The maximum absolute atomic E-state index is 4.38. The molecule has 0 saturated heterocycles. The third-order valence-electron chi connectivity index (χ3n) is 2.77. The Morgan fingerprint density at radius 3 is 1.80 bits per heavy atom. The first-order chi connectivity index (χ1) is 6.95. The van der Waals surface area contributed by atoms with Crippen molar-refractivity contribution in [3.05, 3.63) is 0 Å². The third kappa shape index (κ3) is 5.45. The van der Waals surface area contributed by atoms with E-state index in [1.807, 2.05) is 14.1 Å². The van der Waals surface area contributed by atoms with E-state index in [0.29, 0.717) is 0 Å². The molecule has 0 aromatic rings. The van der Waals surface area contributed by atoms with Crippen molar-refractivity contribution < 1.29 is 0 Å². The molecule has 0 aliphatic rings.